The molecule has 2 heterocycles. The van der Waals surface area contributed by atoms with Crippen molar-refractivity contribution in [3.63, 3.8) is 0 Å². The van der Waals surface area contributed by atoms with Crippen molar-refractivity contribution in [3.8, 4) is 11.5 Å². The highest BCUT2D eigenvalue weighted by atomic mass is 16.6. The van der Waals surface area contributed by atoms with E-state index >= 15 is 0 Å². The summed E-state index contributed by atoms with van der Waals surface area (Å²) in [6, 6.07) is 35.3. The number of nitrogens with one attached hydrogen (secondary N) is 2. The predicted octanol–water partition coefficient (Wildman–Crippen LogP) is 8.17. The van der Waals surface area contributed by atoms with Crippen molar-refractivity contribution in [1.29, 1.82) is 0 Å². The Morgan fingerprint density at radius 1 is 0.698 bits per heavy atom. The number of hydrogen-bond donors (Lipinski definition) is 3. The molecule has 0 amide bonds. The van der Waals surface area contributed by atoms with E-state index in [0.717, 1.165) is 41.3 Å². The molecule has 0 radical (unpaired) electrons. The van der Waals surface area contributed by atoms with Crippen molar-refractivity contribution in [3.05, 3.63) is 131 Å². The number of rotatable bonds is 7. The molecule has 0 aliphatic carbocycles. The minimum Gasteiger partial charge on any atom is -0.456 e. The van der Waals surface area contributed by atoms with E-state index in [1.807, 2.05) is 84.9 Å². The lowest BCUT2D eigenvalue weighted by Crippen LogP contribution is -2.33. The third kappa shape index (κ3) is 4.32. The van der Waals surface area contributed by atoms with Crippen LogP contribution in [0.1, 0.15) is 40.9 Å². The topological polar surface area (TPSA) is 88.8 Å². The zero-order chi connectivity index (χ0) is 29.6. The van der Waals surface area contributed by atoms with E-state index < -0.39 is 11.6 Å². The molecule has 5 aromatic carbocycles. The number of nitrogens with zero attached hydrogens (tertiary/aromatic N) is 1. The molecule has 0 fully saturated rings. The van der Waals surface area contributed by atoms with E-state index in [2.05, 4.69) is 53.6 Å². The van der Waals surface area contributed by atoms with E-state index in [1.165, 1.54) is 5.69 Å². The zero-order valence-corrected chi connectivity index (χ0v) is 24.1. The molecule has 0 atom stereocenters. The Kier molecular flexibility index (Phi) is 6.43. The average molecular weight is 569 g/mol. The molecule has 1 spiro atoms. The summed E-state index contributed by atoms with van der Waals surface area (Å²) in [5.74, 6) is 0.818. The van der Waals surface area contributed by atoms with Crippen molar-refractivity contribution in [2.45, 2.75) is 19.4 Å². The Labute approximate surface area is 250 Å². The number of hydrogen-bond acceptors (Lipinski definition) is 7. The Morgan fingerprint density at radius 3 is 1.81 bits per heavy atom. The number of para-hydroxylation sites is 2. The maximum absolute atomic E-state index is 13.7. The molecule has 0 aromatic heterocycles. The SMILES string of the molecule is CCN(CC)c1ccc(Nc2ccc(Nc3ccc(N)c4c3C(=O)OC43c4ccccc4Oc4ccccc43)cc2)cc1. The third-order valence-electron chi connectivity index (χ3n) is 8.24. The second-order valence-corrected chi connectivity index (χ2v) is 10.7. The normalized spacial score (nSPS) is 13.8. The molecule has 4 N–H and O–H groups in total. The summed E-state index contributed by atoms with van der Waals surface area (Å²) in [4.78, 5) is 16.0. The number of carbonyl (C=O) groups excluding carboxylic acids is 1. The molecule has 7 rings (SSSR count). The van der Waals surface area contributed by atoms with Crippen LogP contribution in [0.25, 0.3) is 0 Å². The van der Waals surface area contributed by atoms with Gasteiger partial charge < -0.3 is 30.7 Å². The molecule has 0 saturated heterocycles. The van der Waals surface area contributed by atoms with Gasteiger partial charge in [-0.1, -0.05) is 36.4 Å². The minimum atomic E-state index is -1.21. The molecule has 0 saturated carbocycles. The molecule has 7 heteroatoms. The highest BCUT2D eigenvalue weighted by molar-refractivity contribution is 6.05. The highest BCUT2D eigenvalue weighted by Gasteiger charge is 2.55. The maximum Gasteiger partial charge on any atom is 0.342 e. The lowest BCUT2D eigenvalue weighted by atomic mass is 9.77. The predicted molar refractivity (Wildman–Crippen MR) is 172 cm³/mol. The van der Waals surface area contributed by atoms with Gasteiger partial charge in [-0.2, -0.15) is 0 Å². The first-order valence-electron chi connectivity index (χ1n) is 14.5. The lowest BCUT2D eigenvalue weighted by Gasteiger charge is -2.36. The molecule has 5 aromatic rings. The summed E-state index contributed by atoms with van der Waals surface area (Å²) in [6.45, 7) is 6.27. The molecule has 214 valence electrons. The number of anilines is 6. The van der Waals surface area contributed by atoms with Crippen LogP contribution in [0.5, 0.6) is 11.5 Å². The van der Waals surface area contributed by atoms with Gasteiger partial charge in [-0.25, -0.2) is 4.79 Å². The van der Waals surface area contributed by atoms with Crippen molar-refractivity contribution in [1.82, 2.24) is 0 Å². The number of esters is 1. The van der Waals surface area contributed by atoms with Gasteiger partial charge in [0.1, 0.15) is 11.5 Å². The van der Waals surface area contributed by atoms with Crippen LogP contribution < -0.4 is 26.0 Å². The summed E-state index contributed by atoms with van der Waals surface area (Å²) in [5, 5.41) is 6.90. The molecule has 43 heavy (non-hydrogen) atoms. The molecular formula is C36H32N4O3. The van der Waals surface area contributed by atoms with Crippen LogP contribution in [0.2, 0.25) is 0 Å². The first-order valence-corrected chi connectivity index (χ1v) is 14.5. The number of benzene rings is 5. The number of fused-ring (bicyclic) bond motifs is 6. The summed E-state index contributed by atoms with van der Waals surface area (Å²) in [6.07, 6.45) is 0. The van der Waals surface area contributed by atoms with E-state index in [1.54, 1.807) is 0 Å². The summed E-state index contributed by atoms with van der Waals surface area (Å²) >= 11 is 0. The zero-order valence-electron chi connectivity index (χ0n) is 24.1. The van der Waals surface area contributed by atoms with Gasteiger partial charge in [-0.05, 0) is 86.6 Å². The maximum atomic E-state index is 13.7. The minimum absolute atomic E-state index is 0.419. The van der Waals surface area contributed by atoms with E-state index in [4.69, 9.17) is 15.2 Å². The third-order valence-corrected chi connectivity index (χ3v) is 8.24. The van der Waals surface area contributed by atoms with Crippen LogP contribution in [0.4, 0.5) is 34.1 Å². The summed E-state index contributed by atoms with van der Waals surface area (Å²) in [7, 11) is 0. The van der Waals surface area contributed by atoms with Crippen molar-refractivity contribution >= 4 is 40.1 Å². The molecular weight excluding hydrogens is 536 g/mol. The second kappa shape index (κ2) is 10.4. The van der Waals surface area contributed by atoms with Gasteiger partial charge in [0.15, 0.2) is 5.60 Å². The van der Waals surface area contributed by atoms with Gasteiger partial charge >= 0.3 is 5.97 Å². The quantitative estimate of drug-likeness (QED) is 0.135. The fourth-order valence-electron chi connectivity index (χ4n) is 6.19. The Bertz CT molecular complexity index is 1780. The van der Waals surface area contributed by atoms with Crippen molar-refractivity contribution in [2.75, 3.05) is 34.4 Å². The van der Waals surface area contributed by atoms with Crippen LogP contribution in [0, 0.1) is 0 Å². The Balaban J connectivity index is 1.20. The van der Waals surface area contributed by atoms with Gasteiger partial charge in [0.25, 0.3) is 0 Å². The number of ether oxygens (including phenoxy) is 2. The average Bonchev–Trinajstić information content (AvgIpc) is 3.35. The van der Waals surface area contributed by atoms with Crippen LogP contribution in [0.15, 0.2) is 109 Å². The van der Waals surface area contributed by atoms with Crippen LogP contribution in [-0.2, 0) is 10.3 Å². The van der Waals surface area contributed by atoms with Crippen LogP contribution >= 0.6 is 0 Å². The van der Waals surface area contributed by atoms with Gasteiger partial charge in [-0.15, -0.1) is 0 Å². The first-order chi connectivity index (χ1) is 21.0. The fourth-order valence-corrected chi connectivity index (χ4v) is 6.19. The Hall–Kier alpha value is -5.43. The monoisotopic (exact) mass is 568 g/mol. The van der Waals surface area contributed by atoms with Crippen molar-refractivity contribution in [2.24, 2.45) is 0 Å². The summed E-state index contributed by atoms with van der Waals surface area (Å²) in [5.41, 5.74) is 13.1. The van der Waals surface area contributed by atoms with Crippen LogP contribution in [-0.4, -0.2) is 19.1 Å². The summed E-state index contributed by atoms with van der Waals surface area (Å²) < 4.78 is 12.5. The van der Waals surface area contributed by atoms with Crippen LogP contribution in [0.3, 0.4) is 0 Å². The number of carbonyl (C=O) groups is 1. The van der Waals surface area contributed by atoms with Gasteiger partial charge in [0.2, 0.25) is 0 Å². The first kappa shape index (κ1) is 26.5. The Morgan fingerprint density at radius 2 is 1.23 bits per heavy atom. The second-order valence-electron chi connectivity index (χ2n) is 10.7. The highest BCUT2D eigenvalue weighted by Crippen LogP contribution is 2.58. The standard InChI is InChI=1S/C36H32N4O3/c1-3-40(4-2)26-19-17-24(18-20-26)38-23-13-15-25(16-14-23)39-30-22-21-29(37)34-33(30)35(41)43-36(34)27-9-5-7-11-31(27)42-32-12-8-6-10-28(32)36/h5-22,38-39H,3-4,37H2,1-2H3. The molecule has 0 bridgehead atoms. The lowest BCUT2D eigenvalue weighted by molar-refractivity contribution is 0.0226. The number of nitrogens with two attached hydrogens (primary N) is 1. The van der Waals surface area contributed by atoms with Gasteiger partial charge in [-0.3, -0.25) is 0 Å². The number of nitrogen functional groups attached to an aromatic ring is 1. The van der Waals surface area contributed by atoms with E-state index in [-0.39, 0.29) is 0 Å². The smallest absolute Gasteiger partial charge is 0.342 e. The molecule has 7 nitrogen and oxygen atoms in total. The largest absolute Gasteiger partial charge is 0.456 e. The van der Waals surface area contributed by atoms with Crippen molar-refractivity contribution < 1.29 is 14.3 Å². The molecule has 2 aliphatic rings. The molecule has 0 unspecified atom stereocenters. The van der Waals surface area contributed by atoms with Gasteiger partial charge in [0.05, 0.1) is 11.3 Å². The molecule has 2 aliphatic heterocycles. The fraction of sp³-hybridized carbons (Fsp3) is 0.139. The van der Waals surface area contributed by atoms with E-state index in [0.29, 0.717) is 34.0 Å². The van der Waals surface area contributed by atoms with Gasteiger partial charge in [0, 0.05) is 58.2 Å². The van der Waals surface area contributed by atoms with E-state index in [9.17, 15) is 4.79 Å².